The van der Waals surface area contributed by atoms with Gasteiger partial charge in [-0.25, -0.2) is 4.79 Å². The quantitative estimate of drug-likeness (QED) is 0.291. The Morgan fingerprint density at radius 2 is 1.24 bits per heavy atom. The molecular formula is C32H39NO5. The molecule has 0 saturated carbocycles. The lowest BCUT2D eigenvalue weighted by atomic mass is 9.89. The third kappa shape index (κ3) is 10.0. The van der Waals surface area contributed by atoms with Crippen molar-refractivity contribution in [2.45, 2.75) is 70.6 Å². The zero-order chi connectivity index (χ0) is 27.5. The topological polar surface area (TPSA) is 95.9 Å². The molecular weight excluding hydrogens is 478 g/mol. The Kier molecular flexibility index (Phi) is 10.5. The lowest BCUT2D eigenvalue weighted by Gasteiger charge is -2.28. The number of benzene rings is 3. The van der Waals surface area contributed by atoms with E-state index in [2.05, 4.69) is 17.4 Å². The van der Waals surface area contributed by atoms with Crippen molar-refractivity contribution in [1.82, 2.24) is 5.32 Å². The number of nitrogens with one attached hydrogen (secondary N) is 1. The fourth-order valence-corrected chi connectivity index (χ4v) is 4.40. The van der Waals surface area contributed by atoms with Crippen molar-refractivity contribution in [2.24, 2.45) is 5.92 Å². The highest BCUT2D eigenvalue weighted by molar-refractivity contribution is 5.70. The molecule has 3 aromatic carbocycles. The standard InChI is InChI=1S/C32H39NO5/c1-32(2,3)38-31(37)33-28(21-25-12-8-5-9-13-25)29(34)22-27(30(35)36)20-26-18-16-24(17-19-26)15-14-23-10-6-4-7-11-23/h4-13,16-19,27-29,34H,14-15,20-22H2,1-3H3,(H,33,37)(H,35,36). The molecule has 0 aliphatic carbocycles. The molecule has 0 aliphatic heterocycles. The van der Waals surface area contributed by atoms with Crippen molar-refractivity contribution in [2.75, 3.05) is 0 Å². The lowest BCUT2D eigenvalue weighted by Crippen LogP contribution is -2.47. The van der Waals surface area contributed by atoms with Crippen molar-refractivity contribution in [3.63, 3.8) is 0 Å². The van der Waals surface area contributed by atoms with Gasteiger partial charge in [0.25, 0.3) is 0 Å². The zero-order valence-electron chi connectivity index (χ0n) is 22.5. The third-order valence-electron chi connectivity index (χ3n) is 6.39. The van der Waals surface area contributed by atoms with Crippen LogP contribution in [0.15, 0.2) is 84.9 Å². The molecule has 3 rings (SSSR count). The van der Waals surface area contributed by atoms with Gasteiger partial charge in [0, 0.05) is 0 Å². The molecule has 0 aromatic heterocycles. The van der Waals surface area contributed by atoms with Crippen LogP contribution in [0, 0.1) is 5.92 Å². The Morgan fingerprint density at radius 3 is 1.76 bits per heavy atom. The number of alkyl carbamates (subject to hydrolysis) is 1. The summed E-state index contributed by atoms with van der Waals surface area (Å²) < 4.78 is 5.39. The molecule has 0 spiro atoms. The summed E-state index contributed by atoms with van der Waals surface area (Å²) in [6.45, 7) is 5.30. The Balaban J connectivity index is 1.64. The largest absolute Gasteiger partial charge is 0.481 e. The second-order valence-electron chi connectivity index (χ2n) is 10.8. The number of carbonyl (C=O) groups excluding carboxylic acids is 1. The van der Waals surface area contributed by atoms with Crippen LogP contribution in [-0.2, 0) is 35.2 Å². The Morgan fingerprint density at radius 1 is 0.763 bits per heavy atom. The predicted molar refractivity (Wildman–Crippen MR) is 149 cm³/mol. The van der Waals surface area contributed by atoms with Gasteiger partial charge in [-0.15, -0.1) is 0 Å². The molecule has 0 saturated heterocycles. The number of carboxylic acid groups (broad SMARTS) is 1. The van der Waals surface area contributed by atoms with Crippen molar-refractivity contribution < 1.29 is 24.5 Å². The van der Waals surface area contributed by atoms with Crippen LogP contribution in [0.25, 0.3) is 0 Å². The monoisotopic (exact) mass is 517 g/mol. The van der Waals surface area contributed by atoms with Gasteiger partial charge in [-0.1, -0.05) is 84.9 Å². The summed E-state index contributed by atoms with van der Waals surface area (Å²) in [5.41, 5.74) is 3.59. The minimum atomic E-state index is -1.08. The van der Waals surface area contributed by atoms with E-state index < -0.39 is 35.7 Å². The van der Waals surface area contributed by atoms with Gasteiger partial charge < -0.3 is 20.3 Å². The first-order chi connectivity index (χ1) is 18.1. The van der Waals surface area contributed by atoms with E-state index in [1.165, 1.54) is 11.1 Å². The first kappa shape index (κ1) is 28.9. The number of carboxylic acids is 1. The maximum atomic E-state index is 12.5. The molecule has 3 aromatic rings. The van der Waals surface area contributed by atoms with Crippen LogP contribution in [0.1, 0.15) is 49.4 Å². The number of amides is 1. The molecule has 0 radical (unpaired) electrons. The number of ether oxygens (including phenoxy) is 1. The summed E-state index contributed by atoms with van der Waals surface area (Å²) in [6.07, 6.45) is 0.766. The van der Waals surface area contributed by atoms with E-state index in [0.717, 1.165) is 24.0 Å². The maximum Gasteiger partial charge on any atom is 0.407 e. The van der Waals surface area contributed by atoms with Gasteiger partial charge >= 0.3 is 12.1 Å². The fraction of sp³-hybridized carbons (Fsp3) is 0.375. The lowest BCUT2D eigenvalue weighted by molar-refractivity contribution is -0.143. The van der Waals surface area contributed by atoms with Crippen molar-refractivity contribution in [3.05, 3.63) is 107 Å². The summed E-state index contributed by atoms with van der Waals surface area (Å²) in [6, 6.07) is 27.1. The highest BCUT2D eigenvalue weighted by Gasteiger charge is 2.30. The molecule has 3 atom stereocenters. The number of hydrogen-bond acceptors (Lipinski definition) is 4. The van der Waals surface area contributed by atoms with Gasteiger partial charge in [0.05, 0.1) is 18.1 Å². The SMILES string of the molecule is CC(C)(C)OC(=O)NC(Cc1ccccc1)C(O)CC(Cc1ccc(CCc2ccccc2)cc1)C(=O)O. The predicted octanol–water partition coefficient (Wildman–Crippen LogP) is 5.60. The minimum Gasteiger partial charge on any atom is -0.481 e. The van der Waals surface area contributed by atoms with E-state index in [-0.39, 0.29) is 12.8 Å². The number of aryl methyl sites for hydroxylation is 2. The smallest absolute Gasteiger partial charge is 0.407 e. The fourth-order valence-electron chi connectivity index (χ4n) is 4.40. The van der Waals surface area contributed by atoms with Crippen molar-refractivity contribution in [3.8, 4) is 0 Å². The number of carbonyl (C=O) groups is 2. The van der Waals surface area contributed by atoms with Crippen molar-refractivity contribution in [1.29, 1.82) is 0 Å². The molecule has 1 amide bonds. The molecule has 3 unspecified atom stereocenters. The van der Waals surface area contributed by atoms with Gasteiger partial charge in [0.1, 0.15) is 5.60 Å². The van der Waals surface area contributed by atoms with Crippen LogP contribution in [0.5, 0.6) is 0 Å². The number of aliphatic hydroxyl groups excluding tert-OH is 1. The molecule has 6 nitrogen and oxygen atoms in total. The van der Waals surface area contributed by atoms with Crippen LogP contribution < -0.4 is 5.32 Å². The Labute approximate surface area is 225 Å². The summed E-state index contributed by atoms with van der Waals surface area (Å²) >= 11 is 0. The molecule has 6 heteroatoms. The van der Waals surface area contributed by atoms with Gasteiger partial charge in [-0.3, -0.25) is 4.79 Å². The third-order valence-corrected chi connectivity index (χ3v) is 6.39. The molecule has 0 bridgehead atoms. The van der Waals surface area contributed by atoms with E-state index in [1.807, 2.05) is 72.8 Å². The molecule has 0 heterocycles. The van der Waals surface area contributed by atoms with Crippen LogP contribution in [0.3, 0.4) is 0 Å². The van der Waals surface area contributed by atoms with Gasteiger partial charge in [0.15, 0.2) is 0 Å². The Bertz CT molecular complexity index is 1140. The molecule has 38 heavy (non-hydrogen) atoms. The first-order valence-corrected chi connectivity index (χ1v) is 13.1. The highest BCUT2D eigenvalue weighted by atomic mass is 16.6. The van der Waals surface area contributed by atoms with E-state index in [0.29, 0.717) is 6.42 Å². The Hall–Kier alpha value is -3.64. The highest BCUT2D eigenvalue weighted by Crippen LogP contribution is 2.20. The summed E-state index contributed by atoms with van der Waals surface area (Å²) in [5, 5.41) is 23.8. The van der Waals surface area contributed by atoms with Gasteiger partial charge in [-0.2, -0.15) is 0 Å². The van der Waals surface area contributed by atoms with Crippen LogP contribution >= 0.6 is 0 Å². The maximum absolute atomic E-state index is 12.5. The van der Waals surface area contributed by atoms with E-state index in [4.69, 9.17) is 4.74 Å². The first-order valence-electron chi connectivity index (χ1n) is 13.1. The number of aliphatic carboxylic acids is 1. The second-order valence-corrected chi connectivity index (χ2v) is 10.8. The van der Waals surface area contributed by atoms with Crippen LogP contribution in [-0.4, -0.2) is 40.0 Å². The molecule has 3 N–H and O–H groups in total. The summed E-state index contributed by atoms with van der Waals surface area (Å²) in [4.78, 5) is 24.6. The van der Waals surface area contributed by atoms with E-state index in [1.54, 1.807) is 20.8 Å². The summed E-state index contributed by atoms with van der Waals surface area (Å²) in [7, 11) is 0. The van der Waals surface area contributed by atoms with Gasteiger partial charge in [0.2, 0.25) is 0 Å². The normalized spacial score (nSPS) is 13.8. The van der Waals surface area contributed by atoms with Crippen molar-refractivity contribution >= 4 is 12.1 Å². The average Bonchev–Trinajstić information content (AvgIpc) is 2.87. The number of hydrogen-bond donors (Lipinski definition) is 3. The summed E-state index contributed by atoms with van der Waals surface area (Å²) in [5.74, 6) is -1.79. The minimum absolute atomic E-state index is 0.00160. The van der Waals surface area contributed by atoms with Crippen LogP contribution in [0.2, 0.25) is 0 Å². The number of aliphatic hydroxyl groups is 1. The van der Waals surface area contributed by atoms with E-state index >= 15 is 0 Å². The average molecular weight is 518 g/mol. The van der Waals surface area contributed by atoms with Gasteiger partial charge in [-0.05, 0) is 75.1 Å². The molecule has 202 valence electrons. The second kappa shape index (κ2) is 13.8. The molecule has 0 fully saturated rings. The van der Waals surface area contributed by atoms with Crippen LogP contribution in [0.4, 0.5) is 4.79 Å². The van der Waals surface area contributed by atoms with E-state index in [9.17, 15) is 19.8 Å². The molecule has 0 aliphatic rings. The number of rotatable bonds is 12. The zero-order valence-corrected chi connectivity index (χ0v) is 22.5.